The van der Waals surface area contributed by atoms with Crippen molar-refractivity contribution in [2.45, 2.75) is 33.2 Å². The van der Waals surface area contributed by atoms with Crippen LogP contribution in [0.3, 0.4) is 0 Å². The zero-order valence-corrected chi connectivity index (χ0v) is 7.61. The van der Waals surface area contributed by atoms with Gasteiger partial charge in [-0.15, -0.1) is 5.10 Å². The van der Waals surface area contributed by atoms with Gasteiger partial charge in [-0.2, -0.15) is 0 Å². The summed E-state index contributed by atoms with van der Waals surface area (Å²) in [5.41, 5.74) is 1.38. The molecule has 0 aromatic carbocycles. The van der Waals surface area contributed by atoms with Gasteiger partial charge in [-0.3, -0.25) is 4.79 Å². The lowest BCUT2D eigenvalue weighted by atomic mass is 10.2. The molecule has 4 nitrogen and oxygen atoms in total. The monoisotopic (exact) mass is 167 g/mol. The Hall–Kier alpha value is -1.19. The van der Waals surface area contributed by atoms with Crippen LogP contribution in [0, 0.1) is 0 Å². The van der Waals surface area contributed by atoms with Crippen molar-refractivity contribution < 1.29 is 4.79 Å². The first-order valence-electron chi connectivity index (χ1n) is 4.10. The van der Waals surface area contributed by atoms with Crippen molar-refractivity contribution in [1.29, 1.82) is 0 Å². The van der Waals surface area contributed by atoms with Gasteiger partial charge in [0.1, 0.15) is 5.69 Å². The fourth-order valence-corrected chi connectivity index (χ4v) is 1.18. The molecule has 0 saturated carbocycles. The van der Waals surface area contributed by atoms with Crippen LogP contribution in [0.4, 0.5) is 0 Å². The third-order valence-corrected chi connectivity index (χ3v) is 1.76. The first-order chi connectivity index (χ1) is 5.70. The quantitative estimate of drug-likeness (QED) is 0.636. The van der Waals surface area contributed by atoms with E-state index in [-0.39, 0.29) is 6.04 Å². The largest absolute Gasteiger partial charge is 0.296 e. The van der Waals surface area contributed by atoms with E-state index in [1.165, 1.54) is 0 Å². The highest BCUT2D eigenvalue weighted by atomic mass is 16.1. The number of nitrogens with zero attached hydrogens (tertiary/aromatic N) is 3. The van der Waals surface area contributed by atoms with E-state index >= 15 is 0 Å². The summed E-state index contributed by atoms with van der Waals surface area (Å²) in [7, 11) is 0. The van der Waals surface area contributed by atoms with Gasteiger partial charge in [-0.05, 0) is 20.3 Å². The Morgan fingerprint density at radius 3 is 2.67 bits per heavy atom. The van der Waals surface area contributed by atoms with E-state index in [1.807, 2.05) is 20.8 Å². The van der Waals surface area contributed by atoms with Gasteiger partial charge < -0.3 is 0 Å². The van der Waals surface area contributed by atoms with Gasteiger partial charge in [0.2, 0.25) is 0 Å². The lowest BCUT2D eigenvalue weighted by Crippen LogP contribution is -2.07. The number of carbonyl (C=O) groups is 1. The summed E-state index contributed by atoms with van der Waals surface area (Å²) in [4.78, 5) is 10.5. The Balaban J connectivity index is 3.13. The molecule has 1 aromatic rings. The van der Waals surface area contributed by atoms with E-state index < -0.39 is 0 Å². The van der Waals surface area contributed by atoms with E-state index in [0.29, 0.717) is 5.69 Å². The highest BCUT2D eigenvalue weighted by Crippen LogP contribution is 2.10. The second-order valence-corrected chi connectivity index (χ2v) is 2.93. The molecule has 0 aliphatic carbocycles. The fourth-order valence-electron chi connectivity index (χ4n) is 1.18. The molecule has 66 valence electrons. The average Bonchev–Trinajstić information content (AvgIpc) is 2.46. The van der Waals surface area contributed by atoms with E-state index in [0.717, 1.165) is 18.4 Å². The van der Waals surface area contributed by atoms with Crippen molar-refractivity contribution in [3.05, 3.63) is 11.4 Å². The molecule has 0 fully saturated rings. The zero-order valence-electron chi connectivity index (χ0n) is 7.61. The second kappa shape index (κ2) is 3.47. The summed E-state index contributed by atoms with van der Waals surface area (Å²) >= 11 is 0. The number of aldehydes is 1. The Morgan fingerprint density at radius 1 is 1.58 bits per heavy atom. The van der Waals surface area contributed by atoms with Gasteiger partial charge in [0.15, 0.2) is 6.29 Å². The Morgan fingerprint density at radius 2 is 2.25 bits per heavy atom. The molecule has 4 heteroatoms. The fraction of sp³-hybridized carbons (Fsp3) is 0.625. The first-order valence-corrected chi connectivity index (χ1v) is 4.10. The third kappa shape index (κ3) is 1.37. The molecule has 0 aliphatic heterocycles. The predicted octanol–water partition coefficient (Wildman–Crippen LogP) is 1.23. The van der Waals surface area contributed by atoms with Crippen LogP contribution >= 0.6 is 0 Å². The Labute approximate surface area is 71.6 Å². The van der Waals surface area contributed by atoms with Gasteiger partial charge in [0.25, 0.3) is 0 Å². The molecule has 0 unspecified atom stereocenters. The van der Waals surface area contributed by atoms with Crippen LogP contribution in [-0.4, -0.2) is 21.3 Å². The van der Waals surface area contributed by atoms with Crippen molar-refractivity contribution in [3.63, 3.8) is 0 Å². The SMILES string of the molecule is CCc1c(C=O)nnn1C(C)C. The maximum atomic E-state index is 10.5. The molecule has 0 spiro atoms. The molecule has 0 radical (unpaired) electrons. The minimum atomic E-state index is 0.265. The molecule has 1 heterocycles. The molecule has 1 rings (SSSR count). The van der Waals surface area contributed by atoms with Gasteiger partial charge in [0, 0.05) is 6.04 Å². The van der Waals surface area contributed by atoms with Gasteiger partial charge in [-0.1, -0.05) is 12.1 Å². The highest BCUT2D eigenvalue weighted by molar-refractivity contribution is 5.73. The lowest BCUT2D eigenvalue weighted by Gasteiger charge is -2.07. The molecule has 12 heavy (non-hydrogen) atoms. The third-order valence-electron chi connectivity index (χ3n) is 1.76. The molecule has 0 N–H and O–H groups in total. The van der Waals surface area contributed by atoms with Gasteiger partial charge >= 0.3 is 0 Å². The van der Waals surface area contributed by atoms with Crippen LogP contribution in [-0.2, 0) is 6.42 Å². The topological polar surface area (TPSA) is 47.8 Å². The van der Waals surface area contributed by atoms with Crippen LogP contribution in [0.25, 0.3) is 0 Å². The van der Waals surface area contributed by atoms with Gasteiger partial charge in [-0.25, -0.2) is 4.68 Å². The zero-order chi connectivity index (χ0) is 9.14. The van der Waals surface area contributed by atoms with E-state index in [1.54, 1.807) is 4.68 Å². The minimum absolute atomic E-state index is 0.265. The van der Waals surface area contributed by atoms with Crippen molar-refractivity contribution in [3.8, 4) is 0 Å². The van der Waals surface area contributed by atoms with Crippen molar-refractivity contribution in [1.82, 2.24) is 15.0 Å². The summed E-state index contributed by atoms with van der Waals surface area (Å²) in [5, 5.41) is 7.66. The van der Waals surface area contributed by atoms with E-state index in [2.05, 4.69) is 10.3 Å². The average molecular weight is 167 g/mol. The Kier molecular flexibility index (Phi) is 2.58. The number of carbonyl (C=O) groups excluding carboxylic acids is 1. The molecule has 0 aliphatic rings. The molecular weight excluding hydrogens is 154 g/mol. The molecular formula is C8H13N3O. The van der Waals surface area contributed by atoms with E-state index in [4.69, 9.17) is 0 Å². The molecule has 0 atom stereocenters. The van der Waals surface area contributed by atoms with Crippen LogP contribution in [0.2, 0.25) is 0 Å². The van der Waals surface area contributed by atoms with Crippen LogP contribution in [0.5, 0.6) is 0 Å². The number of rotatable bonds is 3. The van der Waals surface area contributed by atoms with Crippen LogP contribution < -0.4 is 0 Å². The normalized spacial score (nSPS) is 10.7. The number of aromatic nitrogens is 3. The van der Waals surface area contributed by atoms with Crippen molar-refractivity contribution >= 4 is 6.29 Å². The summed E-state index contributed by atoms with van der Waals surface area (Å²) < 4.78 is 1.78. The van der Waals surface area contributed by atoms with Crippen molar-refractivity contribution in [2.75, 3.05) is 0 Å². The number of hydrogen-bond acceptors (Lipinski definition) is 3. The standard InChI is InChI=1S/C8H13N3O/c1-4-8-7(5-12)9-10-11(8)6(2)3/h5-6H,4H2,1-3H3. The molecule has 0 amide bonds. The Bertz CT molecular complexity index is 278. The summed E-state index contributed by atoms with van der Waals surface area (Å²) in [5.74, 6) is 0. The smallest absolute Gasteiger partial charge is 0.172 e. The summed E-state index contributed by atoms with van der Waals surface area (Å²) in [6, 6.07) is 0.265. The van der Waals surface area contributed by atoms with E-state index in [9.17, 15) is 4.79 Å². The maximum absolute atomic E-state index is 10.5. The van der Waals surface area contributed by atoms with Crippen molar-refractivity contribution in [2.24, 2.45) is 0 Å². The molecule has 1 aromatic heterocycles. The predicted molar refractivity (Wildman–Crippen MR) is 45.2 cm³/mol. The highest BCUT2D eigenvalue weighted by Gasteiger charge is 2.11. The number of hydrogen-bond donors (Lipinski definition) is 0. The molecule has 0 saturated heterocycles. The maximum Gasteiger partial charge on any atom is 0.172 e. The summed E-state index contributed by atoms with van der Waals surface area (Å²) in [6.07, 6.45) is 1.55. The minimum Gasteiger partial charge on any atom is -0.296 e. The second-order valence-electron chi connectivity index (χ2n) is 2.93. The first kappa shape index (κ1) is 8.90. The lowest BCUT2D eigenvalue weighted by molar-refractivity contribution is 0.111. The molecule has 0 bridgehead atoms. The van der Waals surface area contributed by atoms with Gasteiger partial charge in [0.05, 0.1) is 5.69 Å². The van der Waals surface area contributed by atoms with Crippen LogP contribution in [0.1, 0.15) is 43.0 Å². The summed E-state index contributed by atoms with van der Waals surface area (Å²) in [6.45, 7) is 6.02. The van der Waals surface area contributed by atoms with Crippen LogP contribution in [0.15, 0.2) is 0 Å².